The number of hydrogen-bond acceptors (Lipinski definition) is 2. The highest BCUT2D eigenvalue weighted by Crippen LogP contribution is 2.20. The molecule has 0 saturated heterocycles. The van der Waals surface area contributed by atoms with Gasteiger partial charge in [-0.25, -0.2) is 0 Å². The van der Waals surface area contributed by atoms with Crippen LogP contribution in [0.1, 0.15) is 27.2 Å². The monoisotopic (exact) mass is 159 g/mol. The smallest absolute Gasteiger partial charge is 0.0984 e. The van der Waals surface area contributed by atoms with Crippen LogP contribution in [0.5, 0.6) is 0 Å². The number of methoxy groups -OCH3 is 1. The molecule has 0 N–H and O–H groups in total. The fraction of sp³-hybridized carbons (Fsp3) is 1.00. The topological polar surface area (TPSA) is 12.5 Å². The van der Waals surface area contributed by atoms with Gasteiger partial charge in [-0.05, 0) is 18.9 Å². The molecule has 0 spiro atoms. The summed E-state index contributed by atoms with van der Waals surface area (Å²) in [6.45, 7) is 8.60. The largest absolute Gasteiger partial charge is 0.369 e. The van der Waals surface area contributed by atoms with Gasteiger partial charge in [-0.3, -0.25) is 4.90 Å². The summed E-state index contributed by atoms with van der Waals surface area (Å²) in [5, 5.41) is 0. The fourth-order valence-corrected chi connectivity index (χ4v) is 1.11. The Hall–Kier alpha value is -0.0800. The third-order valence-electron chi connectivity index (χ3n) is 2.00. The summed E-state index contributed by atoms with van der Waals surface area (Å²) in [6.07, 6.45) is 1.21. The lowest BCUT2D eigenvalue weighted by atomic mass is 9.90. The summed E-state index contributed by atoms with van der Waals surface area (Å²) in [4.78, 5) is 2.20. The molecule has 2 nitrogen and oxygen atoms in total. The van der Waals surface area contributed by atoms with Crippen molar-refractivity contribution in [3.63, 3.8) is 0 Å². The number of rotatable bonds is 5. The first-order valence-corrected chi connectivity index (χ1v) is 4.19. The first kappa shape index (κ1) is 10.9. The highest BCUT2D eigenvalue weighted by atomic mass is 16.5. The molecule has 0 amide bonds. The van der Waals surface area contributed by atoms with Crippen LogP contribution in [0.3, 0.4) is 0 Å². The Morgan fingerprint density at radius 1 is 1.36 bits per heavy atom. The van der Waals surface area contributed by atoms with E-state index in [4.69, 9.17) is 4.74 Å². The molecular formula is C9H21NO. The summed E-state index contributed by atoms with van der Waals surface area (Å²) in [6, 6.07) is 0. The van der Waals surface area contributed by atoms with Crippen LogP contribution < -0.4 is 0 Å². The number of ether oxygens (including phenoxy) is 1. The maximum absolute atomic E-state index is 5.02. The van der Waals surface area contributed by atoms with Crippen LogP contribution in [0.15, 0.2) is 0 Å². The van der Waals surface area contributed by atoms with E-state index in [0.717, 1.165) is 13.3 Å². The quantitative estimate of drug-likeness (QED) is 0.569. The maximum Gasteiger partial charge on any atom is 0.0984 e. The van der Waals surface area contributed by atoms with E-state index in [0.29, 0.717) is 5.41 Å². The van der Waals surface area contributed by atoms with Crippen LogP contribution >= 0.6 is 0 Å². The van der Waals surface area contributed by atoms with E-state index in [1.54, 1.807) is 7.11 Å². The zero-order valence-electron chi connectivity index (χ0n) is 8.48. The van der Waals surface area contributed by atoms with Crippen LogP contribution in [-0.4, -0.2) is 32.3 Å². The Morgan fingerprint density at radius 3 is 2.27 bits per heavy atom. The van der Waals surface area contributed by atoms with Gasteiger partial charge in [0.15, 0.2) is 0 Å². The Balaban J connectivity index is 3.64. The fourth-order valence-electron chi connectivity index (χ4n) is 1.11. The highest BCUT2D eigenvalue weighted by molar-refractivity contribution is 4.69. The summed E-state index contributed by atoms with van der Waals surface area (Å²) < 4.78 is 5.02. The molecule has 0 aliphatic carbocycles. The summed E-state index contributed by atoms with van der Waals surface area (Å²) >= 11 is 0. The highest BCUT2D eigenvalue weighted by Gasteiger charge is 2.16. The molecule has 0 bridgehead atoms. The first-order chi connectivity index (χ1) is 5.02. The Bertz CT molecular complexity index is 102. The van der Waals surface area contributed by atoms with E-state index >= 15 is 0 Å². The summed E-state index contributed by atoms with van der Waals surface area (Å²) in [5.74, 6) is 0. The van der Waals surface area contributed by atoms with Gasteiger partial charge >= 0.3 is 0 Å². The number of hydrogen-bond donors (Lipinski definition) is 0. The molecule has 0 unspecified atom stereocenters. The van der Waals surface area contributed by atoms with Crippen molar-refractivity contribution in [1.82, 2.24) is 4.90 Å². The van der Waals surface area contributed by atoms with Crippen molar-refractivity contribution in [2.75, 3.05) is 27.4 Å². The SMILES string of the molecule is CCC(C)(C)CN(C)COC. The van der Waals surface area contributed by atoms with Crippen molar-refractivity contribution in [2.45, 2.75) is 27.2 Å². The normalized spacial score (nSPS) is 12.5. The first-order valence-electron chi connectivity index (χ1n) is 4.19. The van der Waals surface area contributed by atoms with Crippen LogP contribution in [0.25, 0.3) is 0 Å². The number of nitrogens with zero attached hydrogens (tertiary/aromatic N) is 1. The second-order valence-corrected chi connectivity index (χ2v) is 3.95. The molecule has 0 aliphatic heterocycles. The van der Waals surface area contributed by atoms with Crippen LogP contribution in [0.4, 0.5) is 0 Å². The van der Waals surface area contributed by atoms with Crippen LogP contribution in [-0.2, 0) is 4.74 Å². The van der Waals surface area contributed by atoms with E-state index in [2.05, 4.69) is 32.7 Å². The van der Waals surface area contributed by atoms with Gasteiger partial charge in [0.1, 0.15) is 0 Å². The lowest BCUT2D eigenvalue weighted by Gasteiger charge is -2.28. The average molecular weight is 159 g/mol. The van der Waals surface area contributed by atoms with E-state index in [-0.39, 0.29) is 0 Å². The minimum atomic E-state index is 0.410. The Labute approximate surface area is 70.5 Å². The van der Waals surface area contributed by atoms with Crippen LogP contribution in [0.2, 0.25) is 0 Å². The predicted octanol–water partition coefficient (Wildman–Crippen LogP) is 1.96. The predicted molar refractivity (Wildman–Crippen MR) is 48.6 cm³/mol. The minimum Gasteiger partial charge on any atom is -0.369 e. The van der Waals surface area contributed by atoms with E-state index in [1.165, 1.54) is 6.42 Å². The van der Waals surface area contributed by atoms with Gasteiger partial charge in [0.05, 0.1) is 6.73 Å². The van der Waals surface area contributed by atoms with Gasteiger partial charge in [-0.15, -0.1) is 0 Å². The van der Waals surface area contributed by atoms with E-state index in [9.17, 15) is 0 Å². The zero-order valence-corrected chi connectivity index (χ0v) is 8.48. The molecule has 68 valence electrons. The molecule has 0 heterocycles. The molecule has 0 atom stereocenters. The molecule has 0 saturated carbocycles. The van der Waals surface area contributed by atoms with Crippen molar-refractivity contribution in [1.29, 1.82) is 0 Å². The molecule has 2 heteroatoms. The second-order valence-electron chi connectivity index (χ2n) is 3.95. The Morgan fingerprint density at radius 2 is 1.91 bits per heavy atom. The second kappa shape index (κ2) is 4.73. The summed E-state index contributed by atoms with van der Waals surface area (Å²) in [7, 11) is 3.82. The molecule has 0 aromatic carbocycles. The van der Waals surface area contributed by atoms with Gasteiger partial charge in [-0.1, -0.05) is 20.8 Å². The lowest BCUT2D eigenvalue weighted by molar-refractivity contribution is 0.0559. The maximum atomic E-state index is 5.02. The molecule has 0 rings (SSSR count). The van der Waals surface area contributed by atoms with Crippen molar-refractivity contribution < 1.29 is 4.74 Å². The standard InChI is InChI=1S/C9H21NO/c1-6-9(2,3)7-10(4)8-11-5/h6-8H2,1-5H3. The third-order valence-corrected chi connectivity index (χ3v) is 2.00. The van der Waals surface area contributed by atoms with Crippen molar-refractivity contribution in [3.8, 4) is 0 Å². The average Bonchev–Trinajstić information content (AvgIpc) is 1.87. The van der Waals surface area contributed by atoms with Crippen molar-refractivity contribution in [3.05, 3.63) is 0 Å². The van der Waals surface area contributed by atoms with Crippen LogP contribution in [0, 0.1) is 5.41 Å². The van der Waals surface area contributed by atoms with Gasteiger partial charge < -0.3 is 4.74 Å². The molecule has 0 aromatic rings. The Kier molecular flexibility index (Phi) is 4.69. The van der Waals surface area contributed by atoms with Gasteiger partial charge in [0.2, 0.25) is 0 Å². The molecular weight excluding hydrogens is 138 g/mol. The van der Waals surface area contributed by atoms with Gasteiger partial charge in [0, 0.05) is 13.7 Å². The van der Waals surface area contributed by atoms with E-state index in [1.807, 2.05) is 0 Å². The van der Waals surface area contributed by atoms with Gasteiger partial charge in [0.25, 0.3) is 0 Å². The van der Waals surface area contributed by atoms with Gasteiger partial charge in [-0.2, -0.15) is 0 Å². The third kappa shape index (κ3) is 5.22. The molecule has 0 radical (unpaired) electrons. The van der Waals surface area contributed by atoms with E-state index < -0.39 is 0 Å². The molecule has 11 heavy (non-hydrogen) atoms. The van der Waals surface area contributed by atoms with Crippen molar-refractivity contribution in [2.24, 2.45) is 5.41 Å². The molecule has 0 aromatic heterocycles. The molecule has 0 aliphatic rings. The summed E-state index contributed by atoms with van der Waals surface area (Å²) in [5.41, 5.74) is 0.410. The zero-order chi connectivity index (χ0) is 8.91. The lowest BCUT2D eigenvalue weighted by Crippen LogP contribution is -2.32. The van der Waals surface area contributed by atoms with Crippen molar-refractivity contribution >= 4 is 0 Å². The minimum absolute atomic E-state index is 0.410. The molecule has 0 fully saturated rings.